The highest BCUT2D eigenvalue weighted by Gasteiger charge is 2.27. The van der Waals surface area contributed by atoms with E-state index in [0.717, 1.165) is 0 Å². The van der Waals surface area contributed by atoms with Gasteiger partial charge < -0.3 is 14.3 Å². The van der Waals surface area contributed by atoms with Crippen LogP contribution in [0.1, 0.15) is 28.9 Å². The largest absolute Gasteiger partial charge is 0.405 e. The van der Waals surface area contributed by atoms with E-state index in [1.807, 2.05) is 0 Å². The number of nitrogens with zero attached hydrogens (tertiary/aromatic N) is 2. The predicted octanol–water partition coefficient (Wildman–Crippen LogP) is 0.305. The molecule has 27 heavy (non-hydrogen) atoms. The molecule has 11 heteroatoms. The quantitative estimate of drug-likeness (QED) is 0.378. The molecule has 0 amide bonds. The van der Waals surface area contributed by atoms with Crippen LogP contribution in [0.5, 0.6) is 0 Å². The summed E-state index contributed by atoms with van der Waals surface area (Å²) in [6.45, 7) is 1.19. The van der Waals surface area contributed by atoms with E-state index < -0.39 is 21.6 Å². The minimum absolute atomic E-state index is 0.0736. The third kappa shape index (κ3) is 2.55. The molecule has 2 heterocycles. The molecule has 2 aromatic heterocycles. The average Bonchev–Trinajstić information content (AvgIpc) is 3.23. The van der Waals surface area contributed by atoms with Crippen molar-refractivity contribution >= 4 is 16.7 Å². The van der Waals surface area contributed by atoms with Gasteiger partial charge in [-0.3, -0.25) is 24.5 Å². The monoisotopic (exact) mass is 374 g/mol. The molecule has 0 fully saturated rings. The van der Waals surface area contributed by atoms with Gasteiger partial charge in [-0.2, -0.15) is 5.16 Å². The summed E-state index contributed by atoms with van der Waals surface area (Å²) in [7, 11) is 0. The highest BCUT2D eigenvalue weighted by atomic mass is 16.7. The average molecular weight is 374 g/mol. The molecule has 1 aliphatic carbocycles. The van der Waals surface area contributed by atoms with Crippen LogP contribution < -0.4 is 21.5 Å². The Balaban J connectivity index is 1.94. The second kappa shape index (κ2) is 5.97. The van der Waals surface area contributed by atoms with Crippen LogP contribution in [0.15, 0.2) is 25.0 Å². The Bertz CT molecular complexity index is 1260. The van der Waals surface area contributed by atoms with E-state index in [4.69, 9.17) is 9.36 Å². The Morgan fingerprint density at radius 1 is 1.26 bits per heavy atom. The predicted molar refractivity (Wildman–Crippen MR) is 91.9 cm³/mol. The second-order valence-electron chi connectivity index (χ2n) is 6.25. The van der Waals surface area contributed by atoms with Crippen LogP contribution in [0.25, 0.3) is 11.0 Å². The summed E-state index contributed by atoms with van der Waals surface area (Å²) in [5.74, 6) is 0.272. The van der Waals surface area contributed by atoms with Gasteiger partial charge in [0.15, 0.2) is 0 Å². The number of hydrogen-bond donors (Lipinski definition) is 2. The fraction of sp³-hybridized carbons (Fsp3) is 0.312. The number of aromatic amines is 2. The zero-order chi connectivity index (χ0) is 19.3. The van der Waals surface area contributed by atoms with Crippen molar-refractivity contribution in [1.82, 2.24) is 14.9 Å². The normalized spacial score (nSPS) is 13.1. The molecule has 0 bridgehead atoms. The molecular formula is C16H14N4O7. The Morgan fingerprint density at radius 3 is 2.67 bits per heavy atom. The van der Waals surface area contributed by atoms with Crippen molar-refractivity contribution in [2.24, 2.45) is 0 Å². The van der Waals surface area contributed by atoms with Crippen LogP contribution in [0, 0.1) is 17.0 Å². The maximum atomic E-state index is 12.3. The fourth-order valence-electron chi connectivity index (χ4n) is 3.41. The van der Waals surface area contributed by atoms with Crippen molar-refractivity contribution in [3.63, 3.8) is 0 Å². The molecule has 0 saturated carbocycles. The molecule has 0 saturated heterocycles. The van der Waals surface area contributed by atoms with Gasteiger partial charge in [0, 0.05) is 11.6 Å². The molecule has 2 N–H and O–H groups in total. The van der Waals surface area contributed by atoms with Gasteiger partial charge in [0.1, 0.15) is 23.4 Å². The van der Waals surface area contributed by atoms with Crippen molar-refractivity contribution in [2.45, 2.75) is 32.8 Å². The lowest BCUT2D eigenvalue weighted by atomic mass is 10.1. The first kappa shape index (κ1) is 16.8. The zero-order valence-electron chi connectivity index (χ0n) is 14.2. The van der Waals surface area contributed by atoms with E-state index in [9.17, 15) is 24.5 Å². The van der Waals surface area contributed by atoms with Crippen LogP contribution in [0.3, 0.4) is 0 Å². The van der Waals surface area contributed by atoms with E-state index in [1.165, 1.54) is 13.0 Å². The number of fused-ring (bicyclic) bond motifs is 3. The molecule has 0 radical (unpaired) electrons. The summed E-state index contributed by atoms with van der Waals surface area (Å²) in [5, 5.41) is 13.6. The number of aromatic nitrogens is 3. The number of hydrogen-bond acceptors (Lipinski definition) is 7. The third-order valence-electron chi connectivity index (χ3n) is 4.72. The van der Waals surface area contributed by atoms with Gasteiger partial charge in [-0.05, 0) is 31.7 Å². The Labute approximate surface area is 149 Å². The van der Waals surface area contributed by atoms with Gasteiger partial charge in [-0.1, -0.05) is 0 Å². The first-order chi connectivity index (χ1) is 12.9. The summed E-state index contributed by atoms with van der Waals surface area (Å²) < 4.78 is 5.57. The zero-order valence-corrected chi connectivity index (χ0v) is 14.2. The summed E-state index contributed by atoms with van der Waals surface area (Å²) in [6, 6.07) is 1.21. The lowest BCUT2D eigenvalue weighted by Gasteiger charge is -2.13. The Morgan fingerprint density at radius 2 is 2.00 bits per heavy atom. The van der Waals surface area contributed by atoms with Crippen LogP contribution in [-0.2, 0) is 19.4 Å². The molecule has 11 nitrogen and oxygen atoms in total. The van der Waals surface area contributed by atoms with E-state index in [2.05, 4.69) is 10.1 Å². The van der Waals surface area contributed by atoms with Gasteiger partial charge in [0.2, 0.25) is 0 Å². The lowest BCUT2D eigenvalue weighted by molar-refractivity contribution is -0.385. The molecule has 0 spiro atoms. The first-order valence-electron chi connectivity index (χ1n) is 8.17. The van der Waals surface area contributed by atoms with Crippen molar-refractivity contribution in [3.8, 4) is 0 Å². The number of rotatable bonds is 4. The molecule has 1 aliphatic rings. The maximum absolute atomic E-state index is 12.3. The highest BCUT2D eigenvalue weighted by Crippen LogP contribution is 2.35. The minimum atomic E-state index is -1.03. The van der Waals surface area contributed by atoms with Crippen LogP contribution >= 0.6 is 0 Å². The van der Waals surface area contributed by atoms with Gasteiger partial charge in [0.25, 0.3) is 11.2 Å². The molecular weight excluding hydrogens is 360 g/mol. The van der Waals surface area contributed by atoms with Crippen LogP contribution in [0.2, 0.25) is 0 Å². The van der Waals surface area contributed by atoms with E-state index in [0.29, 0.717) is 40.6 Å². The molecule has 0 aliphatic heterocycles. The van der Waals surface area contributed by atoms with Crippen molar-refractivity contribution in [1.29, 1.82) is 0 Å². The lowest BCUT2D eigenvalue weighted by Crippen LogP contribution is -2.40. The van der Waals surface area contributed by atoms with Crippen LogP contribution in [0.4, 0.5) is 5.69 Å². The van der Waals surface area contributed by atoms with Crippen molar-refractivity contribution < 1.29 is 14.3 Å². The first-order valence-corrected chi connectivity index (χ1v) is 8.17. The van der Waals surface area contributed by atoms with Gasteiger partial charge in [-0.25, -0.2) is 0 Å². The molecule has 4 rings (SSSR count). The molecule has 0 atom stereocenters. The number of aryl methyl sites for hydroxylation is 2. The number of H-pyrrole nitrogens is 2. The van der Waals surface area contributed by atoms with Gasteiger partial charge in [-0.15, -0.1) is 4.73 Å². The fourth-order valence-corrected chi connectivity index (χ4v) is 3.41. The van der Waals surface area contributed by atoms with Crippen molar-refractivity contribution in [3.05, 3.63) is 69.7 Å². The molecule has 3 aromatic rings. The number of nitro groups is 1. The second-order valence-corrected chi connectivity index (χ2v) is 6.25. The Kier molecular flexibility index (Phi) is 3.72. The van der Waals surface area contributed by atoms with Gasteiger partial charge >= 0.3 is 11.1 Å². The Hall–Kier alpha value is -3.63. The minimum Gasteiger partial charge on any atom is -0.405 e. The van der Waals surface area contributed by atoms with E-state index in [1.54, 1.807) is 0 Å². The summed E-state index contributed by atoms with van der Waals surface area (Å²) in [6.07, 6.45) is 1.77. The topological polar surface area (TPSA) is 153 Å². The van der Waals surface area contributed by atoms with Gasteiger partial charge in [0.05, 0.1) is 10.4 Å². The van der Waals surface area contributed by atoms with Crippen molar-refractivity contribution in [2.75, 3.05) is 0 Å². The smallest absolute Gasteiger partial charge is 0.349 e. The third-order valence-corrected chi connectivity index (χ3v) is 4.72. The SMILES string of the molecule is Cc1o[nH]c(=O)c1COn1c(=O)c(=O)[nH]c2c3c(c([N+](=O)[O-])cc21)CCC3. The van der Waals surface area contributed by atoms with Crippen LogP contribution in [-0.4, -0.2) is 19.8 Å². The molecule has 140 valence electrons. The number of benzene rings is 1. The van der Waals surface area contributed by atoms with E-state index >= 15 is 0 Å². The number of nitrogens with one attached hydrogen (secondary N) is 2. The molecule has 1 aromatic carbocycles. The maximum Gasteiger partial charge on any atom is 0.349 e. The number of nitro benzene ring substituents is 1. The standard InChI is InChI=1S/C16H14N4O7/c1-7-10(14(21)18-27-7)6-26-19-12-5-11(20(24)25)8-3-2-4-9(8)13(12)17-15(22)16(19)23/h5H,2-4,6H2,1H3,(H,17,22)(H,18,21). The summed E-state index contributed by atoms with van der Waals surface area (Å²) in [4.78, 5) is 54.9. The highest BCUT2D eigenvalue weighted by molar-refractivity contribution is 5.84. The summed E-state index contributed by atoms with van der Waals surface area (Å²) >= 11 is 0. The van der Waals surface area contributed by atoms with E-state index in [-0.39, 0.29) is 29.1 Å². The molecule has 0 unspecified atom stereocenters. The summed E-state index contributed by atoms with van der Waals surface area (Å²) in [5.41, 5.74) is -0.874.